The van der Waals surface area contributed by atoms with E-state index in [9.17, 15) is 0 Å². The number of rotatable bonds is 7. The predicted molar refractivity (Wildman–Crippen MR) is 237 cm³/mol. The van der Waals surface area contributed by atoms with Crippen LogP contribution in [0.25, 0.3) is 55.3 Å². The Hall–Kier alpha value is -7.42. The van der Waals surface area contributed by atoms with Crippen molar-refractivity contribution in [1.29, 1.82) is 0 Å². The van der Waals surface area contributed by atoms with E-state index in [2.05, 4.69) is 217 Å². The van der Waals surface area contributed by atoms with Gasteiger partial charge in [-0.25, -0.2) is 0 Å². The van der Waals surface area contributed by atoms with E-state index < -0.39 is 5.41 Å². The second-order valence-electron chi connectivity index (χ2n) is 14.8. The van der Waals surface area contributed by atoms with Crippen LogP contribution in [0.2, 0.25) is 0 Å². The molecule has 0 aliphatic heterocycles. The van der Waals surface area contributed by atoms with Gasteiger partial charge in [-0.3, -0.25) is 0 Å². The van der Waals surface area contributed by atoms with Crippen LogP contribution >= 0.6 is 0 Å². The zero-order valence-corrected chi connectivity index (χ0v) is 31.2. The molecule has 1 aliphatic rings. The molecule has 57 heavy (non-hydrogen) atoms. The summed E-state index contributed by atoms with van der Waals surface area (Å²) in [6.07, 6.45) is 0. The number of nitrogens with zero attached hydrogens (tertiary/aromatic N) is 1. The number of anilines is 3. The Morgan fingerprint density at radius 2 is 0.842 bits per heavy atom. The summed E-state index contributed by atoms with van der Waals surface area (Å²) in [5.41, 5.74) is 16.8. The minimum atomic E-state index is -0.458. The monoisotopic (exact) mass is 727 g/mol. The van der Waals surface area contributed by atoms with Crippen molar-refractivity contribution < 1.29 is 4.42 Å². The molecule has 0 fully saturated rings. The molecule has 11 rings (SSSR count). The molecule has 1 aliphatic carbocycles. The van der Waals surface area contributed by atoms with E-state index >= 15 is 0 Å². The topological polar surface area (TPSA) is 16.4 Å². The fraction of sp³-hybridized carbons (Fsp3) is 0.0182. The van der Waals surface area contributed by atoms with Gasteiger partial charge in [0.15, 0.2) is 0 Å². The van der Waals surface area contributed by atoms with Crippen LogP contribution in [-0.4, -0.2) is 0 Å². The number of benzene rings is 9. The number of hydrogen-bond donors (Lipinski definition) is 0. The lowest BCUT2D eigenvalue weighted by Gasteiger charge is -2.34. The summed E-state index contributed by atoms with van der Waals surface area (Å²) in [4.78, 5) is 2.37. The van der Waals surface area contributed by atoms with Crippen LogP contribution in [0.1, 0.15) is 22.3 Å². The summed E-state index contributed by atoms with van der Waals surface area (Å²) in [5, 5.41) is 2.26. The first-order valence-electron chi connectivity index (χ1n) is 19.6. The standard InChI is InChI=1S/C55H37NO/c1-3-15-38(16-4-1)39-29-33-43(34-30-39)56(45-20-13-17-40(37-45)46-24-14-25-50-49-23-9-12-28-53(49)57-54(46)50)44-35-31-42(32-36-44)55(41-18-5-2-6-19-41)51-26-10-7-21-47(51)48-22-8-11-27-52(48)55/h1-37H. The summed E-state index contributed by atoms with van der Waals surface area (Å²) in [7, 11) is 0. The molecule has 1 aromatic heterocycles. The average molecular weight is 728 g/mol. The van der Waals surface area contributed by atoms with Gasteiger partial charge < -0.3 is 9.32 Å². The molecule has 9 aromatic carbocycles. The molecule has 0 saturated heterocycles. The van der Waals surface area contributed by atoms with Crippen LogP contribution in [0.4, 0.5) is 17.1 Å². The predicted octanol–water partition coefficient (Wildman–Crippen LogP) is 14.8. The fourth-order valence-electron chi connectivity index (χ4n) is 9.24. The van der Waals surface area contributed by atoms with E-state index in [0.717, 1.165) is 50.1 Å². The van der Waals surface area contributed by atoms with E-state index in [0.29, 0.717) is 0 Å². The molecule has 0 N–H and O–H groups in total. The molecule has 0 bridgehead atoms. The molecule has 10 aromatic rings. The maximum Gasteiger partial charge on any atom is 0.143 e. The lowest BCUT2D eigenvalue weighted by Crippen LogP contribution is -2.28. The normalized spacial score (nSPS) is 12.7. The summed E-state index contributed by atoms with van der Waals surface area (Å²) < 4.78 is 6.51. The van der Waals surface area contributed by atoms with Crippen LogP contribution < -0.4 is 4.90 Å². The molecular formula is C55H37NO. The molecule has 0 unspecified atom stereocenters. The molecule has 0 spiro atoms. The van der Waals surface area contributed by atoms with Crippen molar-refractivity contribution in [1.82, 2.24) is 0 Å². The highest BCUT2D eigenvalue weighted by molar-refractivity contribution is 6.09. The van der Waals surface area contributed by atoms with Crippen molar-refractivity contribution in [3.05, 3.63) is 247 Å². The van der Waals surface area contributed by atoms with Crippen molar-refractivity contribution in [2.75, 3.05) is 4.90 Å². The van der Waals surface area contributed by atoms with Gasteiger partial charge in [0.2, 0.25) is 0 Å². The second kappa shape index (κ2) is 13.4. The summed E-state index contributed by atoms with van der Waals surface area (Å²) in [6, 6.07) is 81.1. The Kier molecular flexibility index (Phi) is 7.75. The Morgan fingerprint density at radius 3 is 1.56 bits per heavy atom. The first kappa shape index (κ1) is 33.0. The molecule has 1 heterocycles. The van der Waals surface area contributed by atoms with Crippen LogP contribution in [0, 0.1) is 0 Å². The molecule has 2 nitrogen and oxygen atoms in total. The lowest BCUT2D eigenvalue weighted by molar-refractivity contribution is 0.670. The molecule has 2 heteroatoms. The van der Waals surface area contributed by atoms with Gasteiger partial charge in [-0.15, -0.1) is 0 Å². The van der Waals surface area contributed by atoms with E-state index in [1.807, 2.05) is 12.1 Å². The van der Waals surface area contributed by atoms with Crippen molar-refractivity contribution in [2.24, 2.45) is 0 Å². The van der Waals surface area contributed by atoms with Gasteiger partial charge in [0, 0.05) is 33.4 Å². The number of hydrogen-bond acceptors (Lipinski definition) is 2. The zero-order chi connectivity index (χ0) is 37.8. The van der Waals surface area contributed by atoms with E-state index in [4.69, 9.17) is 4.42 Å². The molecule has 0 radical (unpaired) electrons. The maximum absolute atomic E-state index is 6.51. The van der Waals surface area contributed by atoms with E-state index in [1.165, 1.54) is 44.5 Å². The van der Waals surface area contributed by atoms with Gasteiger partial charge in [0.05, 0.1) is 5.41 Å². The van der Waals surface area contributed by atoms with Gasteiger partial charge >= 0.3 is 0 Å². The van der Waals surface area contributed by atoms with Crippen molar-refractivity contribution in [2.45, 2.75) is 5.41 Å². The molecular weight excluding hydrogens is 691 g/mol. The van der Waals surface area contributed by atoms with Crippen LogP contribution in [-0.2, 0) is 5.41 Å². The van der Waals surface area contributed by atoms with Gasteiger partial charge in [0.1, 0.15) is 11.2 Å². The molecule has 0 atom stereocenters. The zero-order valence-electron chi connectivity index (χ0n) is 31.2. The number of para-hydroxylation sites is 2. The Bertz CT molecular complexity index is 3010. The third-order valence-corrected chi connectivity index (χ3v) is 11.8. The smallest absolute Gasteiger partial charge is 0.143 e. The second-order valence-corrected chi connectivity index (χ2v) is 14.8. The van der Waals surface area contributed by atoms with E-state index in [-0.39, 0.29) is 0 Å². The highest BCUT2D eigenvalue weighted by Gasteiger charge is 2.45. The van der Waals surface area contributed by atoms with Crippen molar-refractivity contribution >= 4 is 39.0 Å². The quantitative estimate of drug-likeness (QED) is 0.163. The van der Waals surface area contributed by atoms with Gasteiger partial charge in [0.25, 0.3) is 0 Å². The Balaban J connectivity index is 1.08. The van der Waals surface area contributed by atoms with E-state index in [1.54, 1.807) is 0 Å². The van der Waals surface area contributed by atoms with Gasteiger partial charge in [-0.1, -0.05) is 182 Å². The minimum Gasteiger partial charge on any atom is -0.455 e. The lowest BCUT2D eigenvalue weighted by atomic mass is 9.68. The minimum absolute atomic E-state index is 0.458. The first-order valence-corrected chi connectivity index (χ1v) is 19.6. The molecule has 268 valence electrons. The summed E-state index contributed by atoms with van der Waals surface area (Å²) in [5.74, 6) is 0. The summed E-state index contributed by atoms with van der Waals surface area (Å²) in [6.45, 7) is 0. The van der Waals surface area contributed by atoms with Crippen LogP contribution in [0.3, 0.4) is 0 Å². The van der Waals surface area contributed by atoms with Crippen LogP contribution in [0.5, 0.6) is 0 Å². The molecule has 0 saturated carbocycles. The highest BCUT2D eigenvalue weighted by Crippen LogP contribution is 2.56. The first-order chi connectivity index (χ1) is 28.3. The maximum atomic E-state index is 6.51. The highest BCUT2D eigenvalue weighted by atomic mass is 16.3. The van der Waals surface area contributed by atoms with Crippen LogP contribution in [0.15, 0.2) is 229 Å². The summed E-state index contributed by atoms with van der Waals surface area (Å²) >= 11 is 0. The number of furan rings is 1. The largest absolute Gasteiger partial charge is 0.455 e. The average Bonchev–Trinajstić information content (AvgIpc) is 3.82. The SMILES string of the molecule is c1ccc(-c2ccc(N(c3ccc(C4(c5ccccc5)c5ccccc5-c5ccccc54)cc3)c3cccc(-c4cccc5c4oc4ccccc45)c3)cc2)cc1. The molecule has 0 amide bonds. The fourth-order valence-corrected chi connectivity index (χ4v) is 9.24. The Labute approximate surface area is 332 Å². The number of fused-ring (bicyclic) bond motifs is 6. The third kappa shape index (κ3) is 5.26. The van der Waals surface area contributed by atoms with Gasteiger partial charge in [-0.2, -0.15) is 0 Å². The van der Waals surface area contributed by atoms with Gasteiger partial charge in [-0.05, 0) is 92.5 Å². The Morgan fingerprint density at radius 1 is 0.333 bits per heavy atom. The third-order valence-electron chi connectivity index (χ3n) is 11.8. The van der Waals surface area contributed by atoms with Crippen molar-refractivity contribution in [3.63, 3.8) is 0 Å². The van der Waals surface area contributed by atoms with Crippen molar-refractivity contribution in [3.8, 4) is 33.4 Å².